The molecule has 1 saturated heterocycles. The van der Waals surface area contributed by atoms with E-state index in [0.29, 0.717) is 6.42 Å². The lowest BCUT2D eigenvalue weighted by atomic mass is 10.0. The van der Waals surface area contributed by atoms with Gasteiger partial charge in [0.15, 0.2) is 0 Å². The summed E-state index contributed by atoms with van der Waals surface area (Å²) in [5, 5.41) is 12.5. The molecule has 1 aliphatic heterocycles. The summed E-state index contributed by atoms with van der Waals surface area (Å²) in [5.41, 5.74) is 1.05. The highest BCUT2D eigenvalue weighted by Crippen LogP contribution is 2.39. The first kappa shape index (κ1) is 16.1. The minimum atomic E-state index is 0.0630. The molecule has 1 heterocycles. The van der Waals surface area contributed by atoms with Crippen LogP contribution in [0.4, 0.5) is 0 Å². The molecular formula is C15H20BrN3O2. The Hall–Kier alpha value is -1.29. The third kappa shape index (κ3) is 3.67. The SMILES string of the molecule is COc1cc([C@@H](CC#N)N2CCNCC2)cc(OC)c1Br. The lowest BCUT2D eigenvalue weighted by Crippen LogP contribution is -2.45. The summed E-state index contributed by atoms with van der Waals surface area (Å²) < 4.78 is 11.6. The van der Waals surface area contributed by atoms with Gasteiger partial charge in [-0.2, -0.15) is 5.26 Å². The predicted octanol–water partition coefficient (Wildman–Crippen LogP) is 2.33. The Labute approximate surface area is 134 Å². The van der Waals surface area contributed by atoms with Gasteiger partial charge in [-0.1, -0.05) is 0 Å². The first-order valence-electron chi connectivity index (χ1n) is 6.94. The Morgan fingerprint density at radius 3 is 2.33 bits per heavy atom. The Bertz CT molecular complexity index is 499. The maximum Gasteiger partial charge on any atom is 0.137 e. The Balaban J connectivity index is 2.37. The van der Waals surface area contributed by atoms with E-state index >= 15 is 0 Å². The fourth-order valence-electron chi connectivity index (χ4n) is 2.62. The molecule has 1 atom stereocenters. The summed E-state index contributed by atoms with van der Waals surface area (Å²) >= 11 is 3.48. The fourth-order valence-corrected chi connectivity index (χ4v) is 3.17. The van der Waals surface area contributed by atoms with E-state index in [2.05, 4.69) is 32.2 Å². The second kappa shape index (κ2) is 7.64. The average molecular weight is 354 g/mol. The van der Waals surface area contributed by atoms with E-state index in [4.69, 9.17) is 9.47 Å². The third-order valence-corrected chi connectivity index (χ3v) is 4.51. The van der Waals surface area contributed by atoms with Crippen LogP contribution in [0.25, 0.3) is 0 Å². The van der Waals surface area contributed by atoms with Gasteiger partial charge in [0.25, 0.3) is 0 Å². The van der Waals surface area contributed by atoms with Gasteiger partial charge < -0.3 is 14.8 Å². The first-order valence-corrected chi connectivity index (χ1v) is 7.73. The number of ether oxygens (including phenoxy) is 2. The van der Waals surface area contributed by atoms with Crippen LogP contribution in [-0.4, -0.2) is 45.3 Å². The number of rotatable bonds is 5. The van der Waals surface area contributed by atoms with Crippen molar-refractivity contribution in [1.29, 1.82) is 5.26 Å². The predicted molar refractivity (Wildman–Crippen MR) is 84.7 cm³/mol. The number of nitrogens with zero attached hydrogens (tertiary/aromatic N) is 2. The molecule has 21 heavy (non-hydrogen) atoms. The van der Waals surface area contributed by atoms with E-state index in [1.165, 1.54) is 0 Å². The zero-order valence-corrected chi connectivity index (χ0v) is 13.9. The smallest absolute Gasteiger partial charge is 0.137 e. The van der Waals surface area contributed by atoms with Crippen molar-refractivity contribution in [3.8, 4) is 17.6 Å². The zero-order valence-electron chi connectivity index (χ0n) is 12.4. The topological polar surface area (TPSA) is 57.5 Å². The van der Waals surface area contributed by atoms with Gasteiger partial charge in [0.1, 0.15) is 16.0 Å². The van der Waals surface area contributed by atoms with E-state index in [9.17, 15) is 5.26 Å². The van der Waals surface area contributed by atoms with Crippen molar-refractivity contribution in [2.24, 2.45) is 0 Å². The quantitative estimate of drug-likeness (QED) is 0.880. The van der Waals surface area contributed by atoms with Crippen LogP contribution in [0.5, 0.6) is 11.5 Å². The third-order valence-electron chi connectivity index (χ3n) is 3.73. The maximum absolute atomic E-state index is 9.17. The van der Waals surface area contributed by atoms with Gasteiger partial charge in [-0.3, -0.25) is 4.90 Å². The highest BCUT2D eigenvalue weighted by atomic mass is 79.9. The van der Waals surface area contributed by atoms with Crippen molar-refractivity contribution < 1.29 is 9.47 Å². The molecule has 114 valence electrons. The molecule has 6 heteroatoms. The average Bonchev–Trinajstić information content (AvgIpc) is 2.54. The molecule has 1 fully saturated rings. The van der Waals surface area contributed by atoms with E-state index in [0.717, 1.165) is 47.7 Å². The summed E-state index contributed by atoms with van der Waals surface area (Å²) in [4.78, 5) is 2.34. The van der Waals surface area contributed by atoms with Gasteiger partial charge in [-0.05, 0) is 33.6 Å². The Morgan fingerprint density at radius 2 is 1.86 bits per heavy atom. The van der Waals surface area contributed by atoms with Crippen LogP contribution in [0.15, 0.2) is 16.6 Å². The van der Waals surface area contributed by atoms with E-state index < -0.39 is 0 Å². The van der Waals surface area contributed by atoms with Gasteiger partial charge in [-0.25, -0.2) is 0 Å². The van der Waals surface area contributed by atoms with Crippen LogP contribution in [0, 0.1) is 11.3 Å². The molecule has 0 aliphatic carbocycles. The van der Waals surface area contributed by atoms with Gasteiger partial charge >= 0.3 is 0 Å². The fraction of sp³-hybridized carbons (Fsp3) is 0.533. The van der Waals surface area contributed by atoms with Gasteiger partial charge in [0.2, 0.25) is 0 Å². The lowest BCUT2D eigenvalue weighted by molar-refractivity contribution is 0.175. The number of piperazine rings is 1. The van der Waals surface area contributed by atoms with Crippen LogP contribution in [0.2, 0.25) is 0 Å². The molecule has 0 spiro atoms. The summed E-state index contributed by atoms with van der Waals surface area (Å²) in [6.07, 6.45) is 0.452. The molecule has 5 nitrogen and oxygen atoms in total. The standard InChI is InChI=1S/C15H20BrN3O2/c1-20-13-9-11(10-14(21-2)15(13)16)12(3-4-17)19-7-5-18-6-8-19/h9-10,12,18H,3,5-8H2,1-2H3/t12-/m1/s1. The number of nitrogens with one attached hydrogen (secondary N) is 1. The molecule has 0 unspecified atom stereocenters. The maximum atomic E-state index is 9.17. The second-order valence-corrected chi connectivity index (χ2v) is 5.70. The number of methoxy groups -OCH3 is 2. The number of benzene rings is 1. The zero-order chi connectivity index (χ0) is 15.2. The van der Waals surface area contributed by atoms with Gasteiger partial charge in [0.05, 0.1) is 26.7 Å². The van der Waals surface area contributed by atoms with Crippen molar-refractivity contribution in [2.75, 3.05) is 40.4 Å². The Kier molecular flexibility index (Phi) is 5.85. The molecule has 2 rings (SSSR count). The molecule has 1 aromatic carbocycles. The monoisotopic (exact) mass is 353 g/mol. The van der Waals surface area contributed by atoms with Crippen molar-refractivity contribution in [3.63, 3.8) is 0 Å². The molecule has 0 amide bonds. The highest BCUT2D eigenvalue weighted by Gasteiger charge is 2.24. The summed E-state index contributed by atoms with van der Waals surface area (Å²) in [6.45, 7) is 3.78. The summed E-state index contributed by atoms with van der Waals surface area (Å²) in [5.74, 6) is 1.45. The number of hydrogen-bond donors (Lipinski definition) is 1. The van der Waals surface area contributed by atoms with Gasteiger partial charge in [0, 0.05) is 32.2 Å². The van der Waals surface area contributed by atoms with Crippen LogP contribution in [0.1, 0.15) is 18.0 Å². The van der Waals surface area contributed by atoms with E-state index in [1.807, 2.05) is 12.1 Å². The molecule has 0 bridgehead atoms. The second-order valence-electron chi connectivity index (χ2n) is 4.90. The van der Waals surface area contributed by atoms with Crippen molar-refractivity contribution >= 4 is 15.9 Å². The minimum Gasteiger partial charge on any atom is -0.495 e. The molecule has 1 aliphatic rings. The summed E-state index contributed by atoms with van der Waals surface area (Å²) in [7, 11) is 3.26. The van der Waals surface area contributed by atoms with E-state index in [1.54, 1.807) is 14.2 Å². The molecule has 0 radical (unpaired) electrons. The normalized spacial score (nSPS) is 17.0. The molecule has 0 aromatic heterocycles. The van der Waals surface area contributed by atoms with E-state index in [-0.39, 0.29) is 6.04 Å². The number of halogens is 1. The first-order chi connectivity index (χ1) is 10.2. The van der Waals surface area contributed by atoms with Crippen LogP contribution >= 0.6 is 15.9 Å². The van der Waals surface area contributed by atoms with Crippen LogP contribution in [-0.2, 0) is 0 Å². The molecule has 1 N–H and O–H groups in total. The number of hydrogen-bond acceptors (Lipinski definition) is 5. The summed E-state index contributed by atoms with van der Waals surface area (Å²) in [6, 6.07) is 6.33. The van der Waals surface area contributed by atoms with Crippen LogP contribution in [0.3, 0.4) is 0 Å². The lowest BCUT2D eigenvalue weighted by Gasteiger charge is -2.34. The van der Waals surface area contributed by atoms with Crippen molar-refractivity contribution in [3.05, 3.63) is 22.2 Å². The molecular weight excluding hydrogens is 334 g/mol. The van der Waals surface area contributed by atoms with Gasteiger partial charge in [-0.15, -0.1) is 0 Å². The molecule has 1 aromatic rings. The van der Waals surface area contributed by atoms with Crippen LogP contribution < -0.4 is 14.8 Å². The highest BCUT2D eigenvalue weighted by molar-refractivity contribution is 9.10. The van der Waals surface area contributed by atoms with Crippen molar-refractivity contribution in [2.45, 2.75) is 12.5 Å². The number of nitriles is 1. The Morgan fingerprint density at radius 1 is 1.29 bits per heavy atom. The largest absolute Gasteiger partial charge is 0.495 e. The minimum absolute atomic E-state index is 0.0630. The molecule has 0 saturated carbocycles. The van der Waals surface area contributed by atoms with Crippen molar-refractivity contribution in [1.82, 2.24) is 10.2 Å².